The van der Waals surface area contributed by atoms with Crippen molar-refractivity contribution < 1.29 is 23.4 Å². The molecule has 0 aromatic heterocycles. The molecule has 0 N–H and O–H groups in total. The molecule has 1 amide bonds. The molecule has 0 radical (unpaired) electrons. The normalized spacial score (nSPS) is 20.0. The molecule has 0 bridgehead atoms. The van der Waals surface area contributed by atoms with Gasteiger partial charge in [0.2, 0.25) is 0 Å². The number of halogens is 1. The van der Waals surface area contributed by atoms with Gasteiger partial charge in [-0.25, -0.2) is 4.39 Å². The fourth-order valence-electron chi connectivity index (χ4n) is 3.44. The fraction of sp³-hybridized carbons (Fsp3) is 0.304. The fourth-order valence-corrected chi connectivity index (χ4v) is 4.71. The Balaban J connectivity index is 1.45. The number of methoxy groups -OCH3 is 1. The van der Waals surface area contributed by atoms with Gasteiger partial charge in [0.1, 0.15) is 16.7 Å². The average molecular weight is 460 g/mol. The predicted octanol–water partition coefficient (Wildman–Crippen LogP) is 4.79. The number of thiocarbonyl (C=S) groups is 1. The number of carbonyl (C=O) groups excluding carboxylic acids is 1. The lowest BCUT2D eigenvalue weighted by Crippen LogP contribution is -2.35. The maximum Gasteiger partial charge on any atom is 0.266 e. The molecule has 2 aliphatic rings. The molecule has 0 saturated carbocycles. The number of rotatable bonds is 7. The van der Waals surface area contributed by atoms with Crippen molar-refractivity contribution >= 4 is 40.3 Å². The van der Waals surface area contributed by atoms with Crippen LogP contribution < -0.4 is 9.47 Å². The van der Waals surface area contributed by atoms with Crippen molar-refractivity contribution in [3.63, 3.8) is 0 Å². The van der Waals surface area contributed by atoms with E-state index < -0.39 is 0 Å². The van der Waals surface area contributed by atoms with Crippen LogP contribution in [0.2, 0.25) is 0 Å². The monoisotopic (exact) mass is 459 g/mol. The van der Waals surface area contributed by atoms with Gasteiger partial charge >= 0.3 is 0 Å². The largest absolute Gasteiger partial charge is 0.493 e. The summed E-state index contributed by atoms with van der Waals surface area (Å²) in [6.45, 7) is 1.53. The van der Waals surface area contributed by atoms with Crippen LogP contribution in [-0.2, 0) is 16.1 Å². The van der Waals surface area contributed by atoms with Crippen LogP contribution in [0.3, 0.4) is 0 Å². The molecule has 2 aromatic rings. The summed E-state index contributed by atoms with van der Waals surface area (Å²) < 4.78 is 30.5. The third kappa shape index (κ3) is 5.26. The van der Waals surface area contributed by atoms with Crippen molar-refractivity contribution in [1.82, 2.24) is 4.90 Å². The lowest BCUT2D eigenvalue weighted by Gasteiger charge is -2.18. The van der Waals surface area contributed by atoms with E-state index in [4.69, 9.17) is 26.4 Å². The SMILES string of the molecule is COc1cc(/C=C2\SC(=S)N(C[C@H]3CCCO3)C2=O)ccc1OCc1ccc(F)cc1. The lowest BCUT2D eigenvalue weighted by molar-refractivity contribution is -0.123. The van der Waals surface area contributed by atoms with Crippen molar-refractivity contribution in [2.75, 3.05) is 20.3 Å². The van der Waals surface area contributed by atoms with Crippen LogP contribution in [0.4, 0.5) is 4.39 Å². The lowest BCUT2D eigenvalue weighted by atomic mass is 10.1. The van der Waals surface area contributed by atoms with Gasteiger partial charge in [-0.05, 0) is 54.3 Å². The van der Waals surface area contributed by atoms with Crippen molar-refractivity contribution in [3.8, 4) is 11.5 Å². The van der Waals surface area contributed by atoms with Crippen LogP contribution >= 0.6 is 24.0 Å². The van der Waals surface area contributed by atoms with E-state index in [1.165, 1.54) is 23.9 Å². The van der Waals surface area contributed by atoms with Gasteiger partial charge in [-0.15, -0.1) is 0 Å². The maximum atomic E-state index is 13.0. The Bertz CT molecular complexity index is 1000. The maximum absolute atomic E-state index is 13.0. The Hall–Kier alpha value is -2.42. The van der Waals surface area contributed by atoms with Crippen LogP contribution in [0.15, 0.2) is 47.4 Å². The highest BCUT2D eigenvalue weighted by Crippen LogP contribution is 2.35. The summed E-state index contributed by atoms with van der Waals surface area (Å²) in [5.74, 6) is 0.730. The van der Waals surface area contributed by atoms with E-state index in [-0.39, 0.29) is 24.4 Å². The standard InChI is InChI=1S/C23H22FNO4S2/c1-27-20-11-16(6-9-19(20)29-14-15-4-7-17(24)8-5-15)12-21-22(26)25(23(30)31-21)13-18-3-2-10-28-18/h4-9,11-12,18H,2-3,10,13-14H2,1H3/b21-12-/t18-/m1/s1. The first-order valence-corrected chi connectivity index (χ1v) is 11.2. The molecule has 5 nitrogen and oxygen atoms in total. The van der Waals surface area contributed by atoms with Crippen molar-refractivity contribution in [2.24, 2.45) is 0 Å². The van der Waals surface area contributed by atoms with Gasteiger partial charge in [0.25, 0.3) is 5.91 Å². The van der Waals surface area contributed by atoms with Crippen LogP contribution in [0, 0.1) is 5.82 Å². The Labute approximate surface area is 190 Å². The number of ether oxygens (including phenoxy) is 3. The molecule has 2 aliphatic heterocycles. The average Bonchev–Trinajstić information content (AvgIpc) is 3.38. The number of amides is 1. The van der Waals surface area contributed by atoms with Crippen LogP contribution in [0.25, 0.3) is 6.08 Å². The third-order valence-corrected chi connectivity index (χ3v) is 6.45. The molecule has 2 fully saturated rings. The van der Waals surface area contributed by atoms with Crippen LogP contribution in [0.1, 0.15) is 24.0 Å². The summed E-state index contributed by atoms with van der Waals surface area (Å²) in [4.78, 5) is 15.0. The minimum absolute atomic E-state index is 0.0551. The molecule has 2 heterocycles. The van der Waals surface area contributed by atoms with Gasteiger partial charge in [-0.3, -0.25) is 9.69 Å². The predicted molar refractivity (Wildman–Crippen MR) is 123 cm³/mol. The van der Waals surface area contributed by atoms with Crippen LogP contribution in [0.5, 0.6) is 11.5 Å². The Morgan fingerprint density at radius 3 is 2.77 bits per heavy atom. The second-order valence-electron chi connectivity index (χ2n) is 7.25. The molecular weight excluding hydrogens is 437 g/mol. The number of nitrogens with zero attached hydrogens (tertiary/aromatic N) is 1. The molecule has 2 saturated heterocycles. The van der Waals surface area contributed by atoms with Crippen molar-refractivity contribution in [1.29, 1.82) is 0 Å². The van der Waals surface area contributed by atoms with Gasteiger partial charge in [-0.2, -0.15) is 0 Å². The number of benzene rings is 2. The molecule has 31 heavy (non-hydrogen) atoms. The summed E-state index contributed by atoms with van der Waals surface area (Å²) in [7, 11) is 1.56. The van der Waals surface area contributed by atoms with E-state index in [0.29, 0.717) is 27.3 Å². The van der Waals surface area contributed by atoms with E-state index in [9.17, 15) is 9.18 Å². The van der Waals surface area contributed by atoms with E-state index in [0.717, 1.165) is 30.6 Å². The van der Waals surface area contributed by atoms with Gasteiger partial charge in [0, 0.05) is 6.61 Å². The van der Waals surface area contributed by atoms with Gasteiger partial charge < -0.3 is 14.2 Å². The highest BCUT2D eigenvalue weighted by atomic mass is 32.2. The molecule has 0 aliphatic carbocycles. The minimum atomic E-state index is -0.285. The molecule has 2 aromatic carbocycles. The molecule has 4 rings (SSSR count). The first-order valence-electron chi connectivity index (χ1n) is 9.96. The summed E-state index contributed by atoms with van der Waals surface area (Å²) in [6.07, 6.45) is 3.83. The number of carbonyl (C=O) groups is 1. The van der Waals surface area contributed by atoms with Gasteiger partial charge in [0.05, 0.1) is 24.7 Å². The topological polar surface area (TPSA) is 48.0 Å². The van der Waals surface area contributed by atoms with E-state index in [2.05, 4.69) is 0 Å². The number of hydrogen-bond acceptors (Lipinski definition) is 6. The summed E-state index contributed by atoms with van der Waals surface area (Å²) >= 11 is 6.70. The second kappa shape index (κ2) is 9.80. The smallest absolute Gasteiger partial charge is 0.266 e. The summed E-state index contributed by atoms with van der Waals surface area (Å²) in [6, 6.07) is 11.6. The number of hydrogen-bond donors (Lipinski definition) is 0. The van der Waals surface area contributed by atoms with E-state index in [1.54, 1.807) is 36.3 Å². The summed E-state index contributed by atoms with van der Waals surface area (Å²) in [5.41, 5.74) is 1.66. The minimum Gasteiger partial charge on any atom is -0.493 e. The quantitative estimate of drug-likeness (QED) is 0.438. The zero-order valence-electron chi connectivity index (χ0n) is 17.0. The Kier molecular flexibility index (Phi) is 6.89. The molecule has 0 spiro atoms. The van der Waals surface area contributed by atoms with Crippen molar-refractivity contribution in [2.45, 2.75) is 25.6 Å². The molecule has 1 atom stereocenters. The van der Waals surface area contributed by atoms with Crippen LogP contribution in [-0.4, -0.2) is 41.5 Å². The first kappa shape index (κ1) is 21.8. The highest BCUT2D eigenvalue weighted by molar-refractivity contribution is 8.26. The number of thioether (sulfide) groups is 1. The zero-order chi connectivity index (χ0) is 21.8. The van der Waals surface area contributed by atoms with E-state index >= 15 is 0 Å². The van der Waals surface area contributed by atoms with E-state index in [1.807, 2.05) is 12.1 Å². The molecule has 162 valence electrons. The molecule has 8 heteroatoms. The zero-order valence-corrected chi connectivity index (χ0v) is 18.6. The summed E-state index contributed by atoms with van der Waals surface area (Å²) in [5, 5.41) is 0. The third-order valence-electron chi connectivity index (χ3n) is 5.08. The second-order valence-corrected chi connectivity index (χ2v) is 8.93. The van der Waals surface area contributed by atoms with Gasteiger partial charge in [0.15, 0.2) is 11.5 Å². The van der Waals surface area contributed by atoms with Gasteiger partial charge in [-0.1, -0.05) is 42.2 Å². The molecular formula is C23H22FNO4S2. The molecule has 0 unspecified atom stereocenters. The Morgan fingerprint density at radius 1 is 1.26 bits per heavy atom. The van der Waals surface area contributed by atoms with Crippen molar-refractivity contribution in [3.05, 3.63) is 64.3 Å². The highest BCUT2D eigenvalue weighted by Gasteiger charge is 2.34. The Morgan fingerprint density at radius 2 is 2.06 bits per heavy atom. The first-order chi connectivity index (χ1) is 15.0.